The average Bonchev–Trinajstić information content (AvgIpc) is 3.30. The van der Waals surface area contributed by atoms with Crippen LogP contribution in [0.5, 0.6) is 0 Å². The second-order valence-electron chi connectivity index (χ2n) is 8.65. The summed E-state index contributed by atoms with van der Waals surface area (Å²) in [6, 6.07) is 17.6. The summed E-state index contributed by atoms with van der Waals surface area (Å²) in [6.45, 7) is 6.31. The summed E-state index contributed by atoms with van der Waals surface area (Å²) in [6.07, 6.45) is 1.35. The molecular formula is C26H29N7O2S. The molecule has 1 saturated heterocycles. The molecule has 0 unspecified atom stereocenters. The van der Waals surface area contributed by atoms with E-state index in [-0.39, 0.29) is 5.91 Å². The van der Waals surface area contributed by atoms with Crippen molar-refractivity contribution in [3.63, 3.8) is 0 Å². The minimum atomic E-state index is 0.0336. The van der Waals surface area contributed by atoms with Crippen molar-refractivity contribution in [2.24, 2.45) is 0 Å². The number of para-hydroxylation sites is 1. The van der Waals surface area contributed by atoms with Gasteiger partial charge >= 0.3 is 0 Å². The average molecular weight is 504 g/mol. The van der Waals surface area contributed by atoms with Crippen LogP contribution < -0.4 is 10.6 Å². The molecule has 9 nitrogen and oxygen atoms in total. The molecule has 0 bridgehead atoms. The first kappa shape index (κ1) is 24.2. The van der Waals surface area contributed by atoms with Crippen molar-refractivity contribution in [3.05, 3.63) is 60.3 Å². The van der Waals surface area contributed by atoms with Crippen molar-refractivity contribution >= 4 is 45.9 Å². The highest BCUT2D eigenvalue weighted by Crippen LogP contribution is 2.31. The summed E-state index contributed by atoms with van der Waals surface area (Å²) in [4.78, 5) is 25.2. The molecule has 4 aromatic rings. The third-order valence-electron chi connectivity index (χ3n) is 5.87. The molecule has 0 atom stereocenters. The number of fused-ring (bicyclic) bond motifs is 1. The number of aromatic amines is 1. The van der Waals surface area contributed by atoms with Crippen LogP contribution in [0.2, 0.25) is 0 Å². The van der Waals surface area contributed by atoms with E-state index >= 15 is 0 Å². The molecule has 1 amide bonds. The lowest BCUT2D eigenvalue weighted by Gasteiger charge is -2.26. The largest absolute Gasteiger partial charge is 0.379 e. The number of morpholine rings is 1. The summed E-state index contributed by atoms with van der Waals surface area (Å²) in [5.74, 6) is 1.52. The van der Waals surface area contributed by atoms with Crippen LogP contribution >= 0.6 is 11.8 Å². The van der Waals surface area contributed by atoms with E-state index in [4.69, 9.17) is 14.7 Å². The number of nitrogens with one attached hydrogen (secondary N) is 3. The molecule has 1 fully saturated rings. The standard InChI is InChI=1S/C26H29N7O2S/c1-18-17-23(32-31-18)29-25-21-5-2-3-6-22(21)28-26(30-25)36-20-10-8-19(9-11-20)27-24(34)7-4-12-33-13-15-35-16-14-33/h2-3,5-6,8-11,17H,4,7,12-16H2,1H3,(H,27,34)(H2,28,29,30,31,32). The van der Waals surface area contributed by atoms with Gasteiger partial charge in [0.15, 0.2) is 5.16 Å². The van der Waals surface area contributed by atoms with Gasteiger partial charge in [-0.3, -0.25) is 14.8 Å². The van der Waals surface area contributed by atoms with Crippen LogP contribution in [0.3, 0.4) is 0 Å². The molecule has 3 N–H and O–H groups in total. The summed E-state index contributed by atoms with van der Waals surface area (Å²) < 4.78 is 5.37. The van der Waals surface area contributed by atoms with Gasteiger partial charge in [0.2, 0.25) is 5.91 Å². The van der Waals surface area contributed by atoms with Gasteiger partial charge in [0.1, 0.15) is 11.6 Å². The number of carbonyl (C=O) groups excluding carboxylic acids is 1. The van der Waals surface area contributed by atoms with Gasteiger partial charge in [-0.15, -0.1) is 0 Å². The number of carbonyl (C=O) groups is 1. The second kappa shape index (κ2) is 11.5. The molecule has 186 valence electrons. The molecule has 0 aliphatic carbocycles. The van der Waals surface area contributed by atoms with Gasteiger partial charge < -0.3 is 15.4 Å². The van der Waals surface area contributed by atoms with E-state index in [2.05, 4.69) is 25.7 Å². The van der Waals surface area contributed by atoms with Gasteiger partial charge in [-0.25, -0.2) is 9.97 Å². The van der Waals surface area contributed by atoms with Crippen molar-refractivity contribution in [2.45, 2.75) is 29.8 Å². The van der Waals surface area contributed by atoms with E-state index in [0.717, 1.165) is 72.3 Å². The quantitative estimate of drug-likeness (QED) is 0.284. The predicted octanol–water partition coefficient (Wildman–Crippen LogP) is 4.61. The van der Waals surface area contributed by atoms with Crippen LogP contribution in [0.4, 0.5) is 17.3 Å². The lowest BCUT2D eigenvalue weighted by Crippen LogP contribution is -2.37. The highest BCUT2D eigenvalue weighted by Gasteiger charge is 2.12. The number of anilines is 3. The van der Waals surface area contributed by atoms with E-state index in [1.54, 1.807) is 0 Å². The van der Waals surface area contributed by atoms with Crippen molar-refractivity contribution in [1.82, 2.24) is 25.1 Å². The van der Waals surface area contributed by atoms with Gasteiger partial charge in [0, 0.05) is 41.5 Å². The summed E-state index contributed by atoms with van der Waals surface area (Å²) in [7, 11) is 0. The van der Waals surface area contributed by atoms with E-state index in [1.807, 2.05) is 61.5 Å². The summed E-state index contributed by atoms with van der Waals surface area (Å²) >= 11 is 1.47. The van der Waals surface area contributed by atoms with Crippen LogP contribution in [0, 0.1) is 6.92 Å². The van der Waals surface area contributed by atoms with Crippen molar-refractivity contribution < 1.29 is 9.53 Å². The van der Waals surface area contributed by atoms with Crippen molar-refractivity contribution in [2.75, 3.05) is 43.5 Å². The molecule has 36 heavy (non-hydrogen) atoms. The topological polar surface area (TPSA) is 108 Å². The van der Waals surface area contributed by atoms with Crippen LogP contribution in [-0.4, -0.2) is 63.8 Å². The Morgan fingerprint density at radius 3 is 2.69 bits per heavy atom. The third kappa shape index (κ3) is 6.39. The molecule has 3 heterocycles. The van der Waals surface area contributed by atoms with Crippen LogP contribution in [0.15, 0.2) is 64.6 Å². The van der Waals surface area contributed by atoms with Gasteiger partial charge in [-0.2, -0.15) is 5.10 Å². The molecule has 2 aromatic heterocycles. The Morgan fingerprint density at radius 1 is 1.11 bits per heavy atom. The Bertz CT molecular complexity index is 1320. The monoisotopic (exact) mass is 503 g/mol. The molecule has 0 spiro atoms. The lowest BCUT2D eigenvalue weighted by molar-refractivity contribution is -0.116. The third-order valence-corrected chi connectivity index (χ3v) is 6.74. The smallest absolute Gasteiger partial charge is 0.224 e. The van der Waals surface area contributed by atoms with Gasteiger partial charge in [0.25, 0.3) is 0 Å². The fourth-order valence-electron chi connectivity index (χ4n) is 4.03. The van der Waals surface area contributed by atoms with Crippen LogP contribution in [0.25, 0.3) is 10.9 Å². The SMILES string of the molecule is Cc1cc(Nc2nc(Sc3ccc(NC(=O)CCCN4CCOCC4)cc3)nc3ccccc23)[nH]n1. The summed E-state index contributed by atoms with van der Waals surface area (Å²) in [5.41, 5.74) is 2.54. The van der Waals surface area contributed by atoms with Crippen molar-refractivity contribution in [1.29, 1.82) is 0 Å². The summed E-state index contributed by atoms with van der Waals surface area (Å²) in [5, 5.41) is 15.0. The number of H-pyrrole nitrogens is 1. The zero-order valence-corrected chi connectivity index (χ0v) is 21.0. The number of ether oxygens (including phenoxy) is 1. The van der Waals surface area contributed by atoms with Crippen molar-refractivity contribution in [3.8, 4) is 0 Å². The Balaban J connectivity index is 1.20. The first-order chi connectivity index (χ1) is 17.6. The van der Waals surface area contributed by atoms with Crippen LogP contribution in [-0.2, 0) is 9.53 Å². The highest BCUT2D eigenvalue weighted by atomic mass is 32.2. The van der Waals surface area contributed by atoms with E-state index < -0.39 is 0 Å². The Labute approximate surface area is 214 Å². The first-order valence-electron chi connectivity index (χ1n) is 12.1. The highest BCUT2D eigenvalue weighted by molar-refractivity contribution is 7.99. The molecule has 0 radical (unpaired) electrons. The lowest BCUT2D eigenvalue weighted by atomic mass is 10.2. The molecular weight excluding hydrogens is 474 g/mol. The maximum Gasteiger partial charge on any atom is 0.224 e. The van der Waals surface area contributed by atoms with E-state index in [0.29, 0.717) is 17.4 Å². The maximum atomic E-state index is 12.4. The van der Waals surface area contributed by atoms with Gasteiger partial charge in [-0.05, 0) is 68.0 Å². The molecule has 2 aromatic carbocycles. The van der Waals surface area contributed by atoms with E-state index in [9.17, 15) is 4.79 Å². The fourth-order valence-corrected chi connectivity index (χ4v) is 4.80. The Hall–Kier alpha value is -3.47. The minimum absolute atomic E-state index is 0.0336. The molecule has 1 aliphatic heterocycles. The number of rotatable bonds is 9. The number of amides is 1. The van der Waals surface area contributed by atoms with Gasteiger partial charge in [0.05, 0.1) is 24.4 Å². The molecule has 10 heteroatoms. The maximum absolute atomic E-state index is 12.4. The van der Waals surface area contributed by atoms with E-state index in [1.165, 1.54) is 11.8 Å². The van der Waals surface area contributed by atoms with Crippen LogP contribution in [0.1, 0.15) is 18.5 Å². The number of aromatic nitrogens is 4. The normalized spacial score (nSPS) is 14.1. The zero-order valence-electron chi connectivity index (χ0n) is 20.2. The Kier molecular flexibility index (Phi) is 7.75. The first-order valence-corrected chi connectivity index (χ1v) is 12.9. The second-order valence-corrected chi connectivity index (χ2v) is 9.69. The predicted molar refractivity (Wildman–Crippen MR) is 142 cm³/mol. The minimum Gasteiger partial charge on any atom is -0.379 e. The zero-order chi connectivity index (χ0) is 24.7. The molecule has 5 rings (SSSR count). The number of benzene rings is 2. The fraction of sp³-hybridized carbons (Fsp3) is 0.308. The number of hydrogen-bond acceptors (Lipinski definition) is 8. The molecule has 0 saturated carbocycles. The Morgan fingerprint density at radius 2 is 1.92 bits per heavy atom. The molecule has 1 aliphatic rings. The number of nitrogens with zero attached hydrogens (tertiary/aromatic N) is 4. The number of hydrogen-bond donors (Lipinski definition) is 3. The van der Waals surface area contributed by atoms with Gasteiger partial charge in [-0.1, -0.05) is 12.1 Å². The number of aryl methyl sites for hydroxylation is 1.